The van der Waals surface area contributed by atoms with Gasteiger partial charge in [0.25, 0.3) is 0 Å². The number of urea groups is 1. The molecule has 0 saturated heterocycles. The molecule has 6 heteroatoms. The van der Waals surface area contributed by atoms with Gasteiger partial charge in [-0.25, -0.2) is 9.59 Å². The Kier molecular flexibility index (Phi) is 9.35. The summed E-state index contributed by atoms with van der Waals surface area (Å²) in [6, 6.07) is 15.4. The van der Waals surface area contributed by atoms with E-state index in [1.165, 1.54) is 0 Å². The van der Waals surface area contributed by atoms with Crippen molar-refractivity contribution in [2.24, 2.45) is 0 Å². The minimum atomic E-state index is -0.954. The number of carbonyl (C=O) groups excluding carboxylic acids is 1. The first-order valence-corrected chi connectivity index (χ1v) is 10.5. The highest BCUT2D eigenvalue weighted by molar-refractivity contribution is 5.92. The lowest BCUT2D eigenvalue weighted by molar-refractivity contribution is -0.149. The molecule has 6 nitrogen and oxygen atoms in total. The molecular formula is C24H32N2O4. The molecule has 0 aliphatic carbocycles. The maximum atomic E-state index is 12.4. The summed E-state index contributed by atoms with van der Waals surface area (Å²) in [7, 11) is 1.76. The second-order valence-corrected chi connectivity index (χ2v) is 7.23. The van der Waals surface area contributed by atoms with Gasteiger partial charge in [0.15, 0.2) is 6.10 Å². The molecule has 30 heavy (non-hydrogen) atoms. The lowest BCUT2D eigenvalue weighted by atomic mass is 10.0. The molecule has 0 bridgehead atoms. The zero-order valence-corrected chi connectivity index (χ0v) is 18.1. The van der Waals surface area contributed by atoms with Gasteiger partial charge in [-0.3, -0.25) is 4.90 Å². The monoisotopic (exact) mass is 412 g/mol. The largest absolute Gasteiger partial charge is 0.479 e. The van der Waals surface area contributed by atoms with Gasteiger partial charge in [-0.15, -0.1) is 0 Å². The number of ether oxygens (including phenoxy) is 1. The minimum absolute atomic E-state index is 0.116. The highest BCUT2D eigenvalue weighted by atomic mass is 16.5. The van der Waals surface area contributed by atoms with E-state index in [2.05, 4.69) is 12.2 Å². The highest BCUT2D eigenvalue weighted by Crippen LogP contribution is 2.25. The van der Waals surface area contributed by atoms with Gasteiger partial charge in [-0.2, -0.15) is 0 Å². The number of hydrogen-bond donors (Lipinski definition) is 2. The Morgan fingerprint density at radius 3 is 2.43 bits per heavy atom. The van der Waals surface area contributed by atoms with Crippen molar-refractivity contribution in [2.45, 2.75) is 45.6 Å². The summed E-state index contributed by atoms with van der Waals surface area (Å²) in [6.07, 6.45) is 2.69. The maximum absolute atomic E-state index is 12.4. The zero-order valence-electron chi connectivity index (χ0n) is 18.1. The van der Waals surface area contributed by atoms with Crippen molar-refractivity contribution in [3.63, 3.8) is 0 Å². The van der Waals surface area contributed by atoms with Crippen LogP contribution in [0.2, 0.25) is 0 Å². The summed E-state index contributed by atoms with van der Waals surface area (Å²) >= 11 is 0. The number of nitrogens with one attached hydrogen (secondary N) is 1. The van der Waals surface area contributed by atoms with Crippen molar-refractivity contribution >= 4 is 17.7 Å². The predicted octanol–water partition coefficient (Wildman–Crippen LogP) is 4.72. The Morgan fingerprint density at radius 1 is 1.07 bits per heavy atom. The first kappa shape index (κ1) is 23.4. The summed E-state index contributed by atoms with van der Waals surface area (Å²) in [5.41, 5.74) is 3.70. The van der Waals surface area contributed by atoms with Gasteiger partial charge >= 0.3 is 12.0 Å². The molecule has 0 radical (unpaired) electrons. The van der Waals surface area contributed by atoms with Crippen molar-refractivity contribution < 1.29 is 19.4 Å². The predicted molar refractivity (Wildman–Crippen MR) is 120 cm³/mol. The SMILES string of the molecule is CCCCCNC(=O)N(C)c1cccc(-c2ccc(C[C@@H](OCC)C(=O)O)cc2)c1. The van der Waals surface area contributed by atoms with E-state index in [0.29, 0.717) is 19.6 Å². The molecule has 0 aromatic heterocycles. The minimum Gasteiger partial charge on any atom is -0.479 e. The van der Waals surface area contributed by atoms with Crippen LogP contribution in [0.25, 0.3) is 11.1 Å². The molecule has 2 rings (SSSR count). The molecule has 0 saturated carbocycles. The van der Waals surface area contributed by atoms with Crippen molar-refractivity contribution in [3.8, 4) is 11.1 Å². The second kappa shape index (κ2) is 12.0. The van der Waals surface area contributed by atoms with E-state index in [-0.39, 0.29) is 6.03 Å². The van der Waals surface area contributed by atoms with Crippen LogP contribution in [-0.4, -0.2) is 43.4 Å². The lowest BCUT2D eigenvalue weighted by Gasteiger charge is -2.19. The second-order valence-electron chi connectivity index (χ2n) is 7.23. The molecule has 0 aliphatic rings. The van der Waals surface area contributed by atoms with Crippen molar-refractivity contribution in [1.82, 2.24) is 5.32 Å². The fourth-order valence-corrected chi connectivity index (χ4v) is 3.17. The van der Waals surface area contributed by atoms with Crippen LogP contribution < -0.4 is 10.2 Å². The smallest absolute Gasteiger partial charge is 0.333 e. The number of hydrogen-bond acceptors (Lipinski definition) is 3. The van der Waals surface area contributed by atoms with E-state index in [1.54, 1.807) is 18.9 Å². The van der Waals surface area contributed by atoms with E-state index >= 15 is 0 Å². The zero-order chi connectivity index (χ0) is 21.9. The molecule has 2 aromatic carbocycles. The Balaban J connectivity index is 2.06. The molecular weight excluding hydrogens is 380 g/mol. The summed E-state index contributed by atoms with van der Waals surface area (Å²) in [5, 5.41) is 12.2. The van der Waals surface area contributed by atoms with Crippen LogP contribution in [0, 0.1) is 0 Å². The molecule has 0 unspecified atom stereocenters. The van der Waals surface area contributed by atoms with E-state index < -0.39 is 12.1 Å². The maximum Gasteiger partial charge on any atom is 0.333 e. The van der Waals surface area contributed by atoms with Crippen molar-refractivity contribution in [1.29, 1.82) is 0 Å². The number of benzene rings is 2. The standard InChI is InChI=1S/C24H32N2O4/c1-4-6-7-15-25-24(29)26(3)21-10-8-9-20(17-21)19-13-11-18(12-14-19)16-22(23(27)28)30-5-2/h8-14,17,22H,4-7,15-16H2,1-3H3,(H,25,29)(H,27,28)/t22-/m1/s1. The topological polar surface area (TPSA) is 78.9 Å². The normalized spacial score (nSPS) is 11.7. The van der Waals surface area contributed by atoms with Crippen LogP contribution in [0.1, 0.15) is 38.7 Å². The third-order valence-corrected chi connectivity index (χ3v) is 4.95. The number of carbonyl (C=O) groups is 2. The molecule has 1 atom stereocenters. The van der Waals surface area contributed by atoms with Gasteiger partial charge in [-0.1, -0.05) is 56.2 Å². The number of carboxylic acids is 1. The summed E-state index contributed by atoms with van der Waals surface area (Å²) in [4.78, 5) is 25.3. The number of carboxylic acid groups (broad SMARTS) is 1. The third-order valence-electron chi connectivity index (χ3n) is 4.95. The van der Waals surface area contributed by atoms with Crippen molar-refractivity contribution in [2.75, 3.05) is 25.1 Å². The Labute approximate surface area is 178 Å². The van der Waals surface area contributed by atoms with Crippen LogP contribution in [0.4, 0.5) is 10.5 Å². The highest BCUT2D eigenvalue weighted by Gasteiger charge is 2.18. The molecule has 2 N–H and O–H groups in total. The fourth-order valence-electron chi connectivity index (χ4n) is 3.17. The summed E-state index contributed by atoms with van der Waals surface area (Å²) in [5.74, 6) is -0.954. The summed E-state index contributed by atoms with van der Waals surface area (Å²) < 4.78 is 5.29. The first-order chi connectivity index (χ1) is 14.5. The number of nitrogens with zero attached hydrogens (tertiary/aromatic N) is 1. The van der Waals surface area contributed by atoms with Crippen molar-refractivity contribution in [3.05, 3.63) is 54.1 Å². The summed E-state index contributed by atoms with van der Waals surface area (Å²) in [6.45, 7) is 4.96. The lowest BCUT2D eigenvalue weighted by Crippen LogP contribution is -2.37. The number of rotatable bonds is 11. The van der Waals surface area contributed by atoms with Crippen LogP contribution in [0.3, 0.4) is 0 Å². The van der Waals surface area contributed by atoms with Crippen LogP contribution in [0.15, 0.2) is 48.5 Å². The Hall–Kier alpha value is -2.86. The van der Waals surface area contributed by atoms with Gasteiger partial charge in [0.2, 0.25) is 0 Å². The Morgan fingerprint density at radius 2 is 1.80 bits per heavy atom. The Bertz CT molecular complexity index is 820. The molecule has 0 aliphatic heterocycles. The molecule has 162 valence electrons. The molecule has 0 fully saturated rings. The van der Waals surface area contributed by atoms with Gasteiger partial charge in [0, 0.05) is 32.3 Å². The number of unbranched alkanes of at least 4 members (excludes halogenated alkanes) is 2. The van der Waals surface area contributed by atoms with E-state index in [1.807, 2.05) is 48.5 Å². The van der Waals surface area contributed by atoms with Gasteiger partial charge in [-0.05, 0) is 42.2 Å². The number of aliphatic carboxylic acids is 1. The first-order valence-electron chi connectivity index (χ1n) is 10.5. The average molecular weight is 413 g/mol. The third kappa shape index (κ3) is 6.88. The van der Waals surface area contributed by atoms with Gasteiger partial charge < -0.3 is 15.2 Å². The number of amides is 2. The van der Waals surface area contributed by atoms with Gasteiger partial charge in [0.1, 0.15) is 0 Å². The van der Waals surface area contributed by atoms with E-state index in [0.717, 1.165) is 41.6 Å². The van der Waals surface area contributed by atoms with Gasteiger partial charge in [0.05, 0.1) is 0 Å². The van der Waals surface area contributed by atoms with Crippen LogP contribution in [0.5, 0.6) is 0 Å². The number of anilines is 1. The van der Waals surface area contributed by atoms with Crippen LogP contribution >= 0.6 is 0 Å². The average Bonchev–Trinajstić information content (AvgIpc) is 2.76. The molecule has 0 heterocycles. The molecule has 2 amide bonds. The quantitative estimate of drug-likeness (QED) is 0.523. The molecule has 0 spiro atoms. The van der Waals surface area contributed by atoms with Crippen LogP contribution in [-0.2, 0) is 16.0 Å². The molecule has 2 aromatic rings. The van der Waals surface area contributed by atoms with E-state index in [9.17, 15) is 14.7 Å². The fraction of sp³-hybridized carbons (Fsp3) is 0.417. The van der Waals surface area contributed by atoms with E-state index in [4.69, 9.17) is 4.74 Å².